The van der Waals surface area contributed by atoms with Crippen LogP contribution in [0.15, 0.2) is 11.0 Å². The molecule has 6 heteroatoms. The minimum atomic E-state index is -0.321. The lowest BCUT2D eigenvalue weighted by Gasteiger charge is -2.30. The van der Waals surface area contributed by atoms with E-state index in [0.717, 1.165) is 31.9 Å². The van der Waals surface area contributed by atoms with Crippen LogP contribution < -0.4 is 15.8 Å². The fraction of sp³-hybridized carbons (Fsp3) is 0.667. The lowest BCUT2D eigenvalue weighted by Crippen LogP contribution is -2.36. The van der Waals surface area contributed by atoms with Gasteiger partial charge in [0.1, 0.15) is 5.02 Å². The highest BCUT2D eigenvalue weighted by molar-refractivity contribution is 6.32. The number of nitrogens with zero attached hydrogens (tertiary/aromatic N) is 2. The predicted octanol–water partition coefficient (Wildman–Crippen LogP) is 1.25. The van der Waals surface area contributed by atoms with Crippen LogP contribution in [0.2, 0.25) is 5.02 Å². The lowest BCUT2D eigenvalue weighted by molar-refractivity contribution is 0.374. The molecule has 1 aromatic heterocycles. The molecule has 1 saturated heterocycles. The van der Waals surface area contributed by atoms with Crippen LogP contribution in [-0.2, 0) is 0 Å². The summed E-state index contributed by atoms with van der Waals surface area (Å²) in [5.74, 6) is 0.654. The van der Waals surface area contributed by atoms with Crippen molar-refractivity contribution in [1.29, 1.82) is 0 Å². The number of hydrogen-bond donors (Lipinski definition) is 2. The minimum Gasteiger partial charge on any atom is -0.369 e. The summed E-state index contributed by atoms with van der Waals surface area (Å²) < 4.78 is 0. The zero-order valence-electron chi connectivity index (χ0n) is 10.6. The van der Waals surface area contributed by atoms with Gasteiger partial charge in [-0.15, -0.1) is 0 Å². The van der Waals surface area contributed by atoms with Gasteiger partial charge in [-0.1, -0.05) is 11.6 Å². The molecule has 1 aliphatic rings. The van der Waals surface area contributed by atoms with Crippen molar-refractivity contribution in [2.45, 2.75) is 19.8 Å². The van der Waals surface area contributed by atoms with Crippen molar-refractivity contribution in [2.75, 3.05) is 31.1 Å². The Hall–Kier alpha value is -1.07. The second-order valence-electron chi connectivity index (χ2n) is 4.63. The third-order valence-corrected chi connectivity index (χ3v) is 3.80. The third-order valence-electron chi connectivity index (χ3n) is 3.44. The van der Waals surface area contributed by atoms with Gasteiger partial charge in [-0.05, 0) is 38.8 Å². The maximum Gasteiger partial charge on any atom is 0.285 e. The first-order valence-corrected chi connectivity index (χ1v) is 6.79. The molecule has 0 unspecified atom stereocenters. The van der Waals surface area contributed by atoms with Gasteiger partial charge in [0.05, 0.1) is 11.9 Å². The van der Waals surface area contributed by atoms with Crippen LogP contribution >= 0.6 is 11.6 Å². The average Bonchev–Trinajstić information content (AvgIpc) is 2.41. The number of rotatable bonds is 4. The molecule has 2 N–H and O–H groups in total. The number of hydrogen-bond acceptors (Lipinski definition) is 4. The van der Waals surface area contributed by atoms with Crippen molar-refractivity contribution in [2.24, 2.45) is 5.92 Å². The van der Waals surface area contributed by atoms with Crippen LogP contribution in [0.4, 0.5) is 5.69 Å². The molecular formula is C12H19ClN4O. The minimum absolute atomic E-state index is 0.237. The Morgan fingerprint density at radius 2 is 2.22 bits per heavy atom. The second-order valence-corrected chi connectivity index (χ2v) is 5.01. The van der Waals surface area contributed by atoms with Gasteiger partial charge in [-0.3, -0.25) is 4.79 Å². The monoisotopic (exact) mass is 270 g/mol. The molecule has 18 heavy (non-hydrogen) atoms. The number of halogens is 1. The van der Waals surface area contributed by atoms with Gasteiger partial charge in [-0.25, -0.2) is 5.10 Å². The zero-order valence-corrected chi connectivity index (χ0v) is 11.3. The van der Waals surface area contributed by atoms with Crippen LogP contribution in [0.3, 0.4) is 0 Å². The number of anilines is 1. The molecule has 5 nitrogen and oxygen atoms in total. The van der Waals surface area contributed by atoms with Gasteiger partial charge in [0.25, 0.3) is 5.56 Å². The summed E-state index contributed by atoms with van der Waals surface area (Å²) in [5, 5.41) is 9.77. The molecule has 0 spiro atoms. The van der Waals surface area contributed by atoms with Crippen molar-refractivity contribution in [3.8, 4) is 0 Å². The topological polar surface area (TPSA) is 61.0 Å². The van der Waals surface area contributed by atoms with E-state index in [1.807, 2.05) is 0 Å². The molecule has 1 aliphatic heterocycles. The fourth-order valence-corrected chi connectivity index (χ4v) is 2.58. The first-order chi connectivity index (χ1) is 8.72. The molecular weight excluding hydrogens is 252 g/mol. The molecule has 0 aliphatic carbocycles. The van der Waals surface area contributed by atoms with Crippen LogP contribution in [0.1, 0.15) is 19.8 Å². The van der Waals surface area contributed by atoms with Crippen LogP contribution in [0.5, 0.6) is 0 Å². The van der Waals surface area contributed by atoms with Gasteiger partial charge in [-0.2, -0.15) is 5.10 Å². The van der Waals surface area contributed by atoms with E-state index in [0.29, 0.717) is 5.92 Å². The normalized spacial score (nSPS) is 16.8. The SMILES string of the molecule is CCN(CC1CCNCC1)c1cn[nH]c(=O)c1Cl. The Balaban J connectivity index is 2.12. The van der Waals surface area contributed by atoms with Crippen molar-refractivity contribution >= 4 is 17.3 Å². The molecule has 1 fully saturated rings. The summed E-state index contributed by atoms with van der Waals surface area (Å²) >= 11 is 6.05. The molecule has 100 valence electrons. The van der Waals surface area contributed by atoms with E-state index in [1.165, 1.54) is 12.8 Å². The average molecular weight is 271 g/mol. The summed E-state index contributed by atoms with van der Waals surface area (Å²) in [6.07, 6.45) is 3.98. The van der Waals surface area contributed by atoms with Crippen LogP contribution in [-0.4, -0.2) is 36.4 Å². The first kappa shape index (κ1) is 13.4. The van der Waals surface area contributed by atoms with Gasteiger partial charge >= 0.3 is 0 Å². The van der Waals surface area contributed by atoms with E-state index in [2.05, 4.69) is 27.3 Å². The Kier molecular flexibility index (Phi) is 4.60. The summed E-state index contributed by atoms with van der Waals surface area (Å²) in [6.45, 7) is 5.98. The van der Waals surface area contributed by atoms with E-state index >= 15 is 0 Å². The number of aromatic amines is 1. The largest absolute Gasteiger partial charge is 0.369 e. The van der Waals surface area contributed by atoms with Gasteiger partial charge in [0.15, 0.2) is 0 Å². The van der Waals surface area contributed by atoms with Gasteiger partial charge in [0, 0.05) is 13.1 Å². The highest BCUT2D eigenvalue weighted by atomic mass is 35.5. The standard InChI is InChI=1S/C12H19ClN4O/c1-2-17(8-9-3-5-14-6-4-9)10-7-15-16-12(18)11(10)13/h7,9,14H,2-6,8H2,1H3,(H,16,18). The van der Waals surface area contributed by atoms with Crippen molar-refractivity contribution < 1.29 is 0 Å². The van der Waals surface area contributed by atoms with Gasteiger partial charge in [0.2, 0.25) is 0 Å². The predicted molar refractivity (Wildman–Crippen MR) is 73.3 cm³/mol. The van der Waals surface area contributed by atoms with Crippen molar-refractivity contribution in [3.63, 3.8) is 0 Å². The molecule has 0 atom stereocenters. The fourth-order valence-electron chi connectivity index (χ4n) is 2.37. The van der Waals surface area contributed by atoms with Crippen LogP contribution in [0.25, 0.3) is 0 Å². The Labute approximate surface area is 112 Å². The van der Waals surface area contributed by atoms with Crippen molar-refractivity contribution in [1.82, 2.24) is 15.5 Å². The summed E-state index contributed by atoms with van der Waals surface area (Å²) in [5.41, 5.74) is 0.416. The Morgan fingerprint density at radius 1 is 1.50 bits per heavy atom. The number of piperidine rings is 1. The Bertz CT molecular complexity index is 442. The quantitative estimate of drug-likeness (QED) is 0.865. The molecule has 1 aromatic rings. The van der Waals surface area contributed by atoms with E-state index in [-0.39, 0.29) is 10.6 Å². The van der Waals surface area contributed by atoms with E-state index in [9.17, 15) is 4.79 Å². The maximum atomic E-state index is 11.5. The molecule has 0 aromatic carbocycles. The molecule has 0 saturated carbocycles. The molecule has 0 radical (unpaired) electrons. The van der Waals surface area contributed by atoms with E-state index in [1.54, 1.807) is 6.20 Å². The van der Waals surface area contributed by atoms with Crippen molar-refractivity contribution in [3.05, 3.63) is 21.6 Å². The summed E-state index contributed by atoms with van der Waals surface area (Å²) in [4.78, 5) is 13.6. The number of H-pyrrole nitrogens is 1. The molecule has 0 bridgehead atoms. The van der Waals surface area contributed by atoms with E-state index in [4.69, 9.17) is 11.6 Å². The van der Waals surface area contributed by atoms with Gasteiger partial charge < -0.3 is 10.2 Å². The highest BCUT2D eigenvalue weighted by Crippen LogP contribution is 2.23. The molecule has 0 amide bonds. The molecule has 2 rings (SSSR count). The smallest absolute Gasteiger partial charge is 0.285 e. The zero-order chi connectivity index (χ0) is 13.0. The van der Waals surface area contributed by atoms with Crippen LogP contribution in [0, 0.1) is 5.92 Å². The molecule has 2 heterocycles. The highest BCUT2D eigenvalue weighted by Gasteiger charge is 2.19. The Morgan fingerprint density at radius 3 is 2.89 bits per heavy atom. The second kappa shape index (κ2) is 6.20. The summed E-state index contributed by atoms with van der Waals surface area (Å²) in [7, 11) is 0. The number of aromatic nitrogens is 2. The third kappa shape index (κ3) is 3.03. The number of nitrogens with one attached hydrogen (secondary N) is 2. The first-order valence-electron chi connectivity index (χ1n) is 6.41. The summed E-state index contributed by atoms with van der Waals surface area (Å²) in [6, 6.07) is 0. The maximum absolute atomic E-state index is 11.5. The lowest BCUT2D eigenvalue weighted by atomic mass is 9.97. The van der Waals surface area contributed by atoms with E-state index < -0.39 is 0 Å².